The Hall–Kier alpha value is -18.9. The molecule has 0 saturated heterocycles. The van der Waals surface area contributed by atoms with Crippen LogP contribution in [0.5, 0.6) is 0 Å². The van der Waals surface area contributed by atoms with Crippen molar-refractivity contribution in [2.24, 2.45) is 0 Å². The first-order valence-corrected chi connectivity index (χ1v) is 49.5. The van der Waals surface area contributed by atoms with E-state index >= 15 is 0 Å². The van der Waals surface area contributed by atoms with Crippen molar-refractivity contribution in [1.29, 1.82) is 0 Å². The van der Waals surface area contributed by atoms with Crippen LogP contribution in [0.15, 0.2) is 492 Å². The predicted molar refractivity (Wildman–Crippen MR) is 590 cm³/mol. The van der Waals surface area contributed by atoms with Crippen LogP contribution in [0.4, 0.5) is 0 Å². The summed E-state index contributed by atoms with van der Waals surface area (Å²) in [5.74, 6) is 3.35. The van der Waals surface area contributed by atoms with Crippen LogP contribution in [0.1, 0.15) is 72.6 Å². The number of benzene rings is 17. The van der Waals surface area contributed by atoms with E-state index in [9.17, 15) is 0 Å². The van der Waals surface area contributed by atoms with Crippen LogP contribution in [-0.4, -0.2) is 62.3 Å². The maximum absolute atomic E-state index is 5.20. The molecule has 0 spiro atoms. The van der Waals surface area contributed by atoms with E-state index in [0.717, 1.165) is 101 Å². The largest absolute Gasteiger partial charge is 0.317 e. The van der Waals surface area contributed by atoms with Crippen molar-refractivity contribution < 1.29 is 0 Å². The Labute approximate surface area is 838 Å². The van der Waals surface area contributed by atoms with Gasteiger partial charge in [0.2, 0.25) is 0 Å². The summed E-state index contributed by atoms with van der Waals surface area (Å²) in [6.45, 7) is 9.36. The van der Waals surface area contributed by atoms with E-state index in [4.69, 9.17) is 34.9 Å². The van der Waals surface area contributed by atoms with Gasteiger partial charge in [-0.25, -0.2) is 34.9 Å². The highest BCUT2D eigenvalue weighted by Crippen LogP contribution is 2.58. The molecule has 12 heterocycles. The van der Waals surface area contributed by atoms with Gasteiger partial charge < -0.3 is 27.4 Å². The molecule has 13 heteroatoms. The Morgan fingerprint density at radius 2 is 0.476 bits per heavy atom. The SMILES string of the molecule is CC1(C)c2ccccc2-n2cc3c4ccccc4n(-c4cccc(-c5nc(-c6ccccc6)cc(-c6ccccc6)n5)c4)c3c21.CC1(C)c2ccccc2-n2cc3c4ccccc4n(-c4ccccc4-c4nc(-c5ccccc5)nc(-c5ccccc5)n4)c3c21.c1ccc(-c2cc(-c3cccc(-n4c5ccccc5c5cn6c(c54)C(c4ccccc4)(c4ccccc4)c4ccccc4-6)c3)nc(-c3ccccc3)n2)cc1. The van der Waals surface area contributed by atoms with E-state index in [-0.39, 0.29) is 10.8 Å². The third-order valence-electron chi connectivity index (χ3n) is 29.6. The summed E-state index contributed by atoms with van der Waals surface area (Å²) in [4.78, 5) is 35.7. The van der Waals surface area contributed by atoms with Gasteiger partial charge in [-0.05, 0) is 113 Å². The number of aromatic nitrogens is 13. The van der Waals surface area contributed by atoms with E-state index in [2.05, 4.69) is 450 Å². The van der Waals surface area contributed by atoms with Gasteiger partial charge in [0.1, 0.15) is 0 Å². The van der Waals surface area contributed by atoms with E-state index in [0.29, 0.717) is 29.1 Å². The Morgan fingerprint density at radius 3 is 0.903 bits per heavy atom. The van der Waals surface area contributed by atoms with Gasteiger partial charge in [0.15, 0.2) is 29.1 Å². The fourth-order valence-electron chi connectivity index (χ4n) is 23.2. The number of para-hydroxylation sites is 7. The minimum atomic E-state index is -0.563. The minimum Gasteiger partial charge on any atom is -0.317 e. The molecule has 0 bridgehead atoms. The average Bonchev–Trinajstić information content (AvgIpc) is 1.50. The van der Waals surface area contributed by atoms with Crippen LogP contribution in [0, 0.1) is 0 Å². The summed E-state index contributed by atoms with van der Waals surface area (Å²) in [6, 6.07) is 167. The zero-order valence-corrected chi connectivity index (χ0v) is 80.1. The Morgan fingerprint density at radius 1 is 0.193 bits per heavy atom. The van der Waals surface area contributed by atoms with E-state index in [1.165, 1.54) is 116 Å². The average molecular weight is 1860 g/mol. The smallest absolute Gasteiger partial charge is 0.166 e. The Kier molecular flexibility index (Phi) is 20.2. The van der Waals surface area contributed by atoms with Crippen LogP contribution < -0.4 is 0 Å². The molecule has 0 saturated carbocycles. The zero-order valence-electron chi connectivity index (χ0n) is 80.1. The molecule has 145 heavy (non-hydrogen) atoms. The second-order valence-electron chi connectivity index (χ2n) is 38.7. The zero-order chi connectivity index (χ0) is 96.6. The van der Waals surface area contributed by atoms with E-state index < -0.39 is 5.41 Å². The third-order valence-corrected chi connectivity index (χ3v) is 29.6. The molecule has 0 fully saturated rings. The molecule has 0 aliphatic carbocycles. The van der Waals surface area contributed by atoms with Crippen molar-refractivity contribution in [3.8, 4) is 136 Å². The van der Waals surface area contributed by atoms with Crippen molar-refractivity contribution in [3.63, 3.8) is 0 Å². The highest BCUT2D eigenvalue weighted by atomic mass is 15.1. The van der Waals surface area contributed by atoms with E-state index in [1.807, 2.05) is 97.1 Å². The molecule has 0 atom stereocenters. The number of nitrogens with zero attached hydrogens (tertiary/aromatic N) is 13. The van der Waals surface area contributed by atoms with Gasteiger partial charge in [0, 0.05) is 135 Å². The second-order valence-corrected chi connectivity index (χ2v) is 38.7. The van der Waals surface area contributed by atoms with Crippen molar-refractivity contribution in [3.05, 3.63) is 537 Å². The summed E-state index contributed by atoms with van der Waals surface area (Å²) in [7, 11) is 0. The number of hydrogen-bond acceptors (Lipinski definition) is 7. The van der Waals surface area contributed by atoms with Crippen LogP contribution in [0.25, 0.3) is 202 Å². The summed E-state index contributed by atoms with van der Waals surface area (Å²) < 4.78 is 14.6. The maximum Gasteiger partial charge on any atom is 0.166 e. The van der Waals surface area contributed by atoms with Crippen molar-refractivity contribution in [2.75, 3.05) is 0 Å². The number of fused-ring (bicyclic) bond motifs is 21. The van der Waals surface area contributed by atoms with Crippen LogP contribution in [-0.2, 0) is 16.2 Å². The standard InChI is InChI=1S/C51H34N4.C41H30N4.C40H29N5/c1-5-18-35(19-6-1)44-33-45(53-50(52-44)36-20-7-2-8-21-36)37-22-17-27-40(32-37)55-46-30-15-13-28-41(46)42-34-54-47-31-16-14-29-43(47)51(49(54)48(42)55,38-23-9-3-10-24-38)39-25-11-4-12-26-39;1-41(2)33-21-10-12-23-37(33)44-26-32-31-20-9-11-22-36(31)45(38(32)39(41)44)30-19-13-18-29(24-30)40-42-34(27-14-5-3-6-15-27)25-35(43-40)28-16-7-4-8-17-28;1-40(2)31-21-11-14-24-34(31)44-25-30-28-19-9-12-22-32(28)45(35(30)36(40)44)33-23-13-10-20-29(33)39-42-37(26-15-5-3-6-16-26)41-38(43-39)27-17-7-4-8-18-27/h1-34H;3-26H,1-2H3;3-25H,1-2H3. The van der Waals surface area contributed by atoms with Gasteiger partial charge in [0.05, 0.1) is 89.7 Å². The highest BCUT2D eigenvalue weighted by molar-refractivity contribution is 6.15. The number of hydrogen-bond donors (Lipinski definition) is 0. The molecule has 13 nitrogen and oxygen atoms in total. The fourth-order valence-corrected chi connectivity index (χ4v) is 23.2. The molecule has 0 amide bonds. The van der Waals surface area contributed by atoms with E-state index in [1.54, 1.807) is 0 Å². The molecule has 17 aromatic carbocycles. The molecular formula is C132H93N13. The Bertz CT molecular complexity index is 9330. The quantitative estimate of drug-likeness (QED) is 0.106. The topological polar surface area (TPSA) is 120 Å². The van der Waals surface area contributed by atoms with Gasteiger partial charge in [0.25, 0.3) is 0 Å². The summed E-state index contributed by atoms with van der Waals surface area (Å²) in [5.41, 5.74) is 36.1. The lowest BCUT2D eigenvalue weighted by Gasteiger charge is -2.32. The second kappa shape index (κ2) is 34.3. The third kappa shape index (κ3) is 13.9. The first kappa shape index (κ1) is 85.4. The van der Waals surface area contributed by atoms with Gasteiger partial charge in [-0.2, -0.15) is 0 Å². The van der Waals surface area contributed by atoms with Gasteiger partial charge in [-0.1, -0.05) is 416 Å². The first-order valence-electron chi connectivity index (χ1n) is 49.5. The van der Waals surface area contributed by atoms with Gasteiger partial charge in [-0.3, -0.25) is 0 Å². The summed E-state index contributed by atoms with van der Waals surface area (Å²) >= 11 is 0. The van der Waals surface area contributed by atoms with Crippen LogP contribution in [0.3, 0.4) is 0 Å². The molecule has 0 N–H and O–H groups in total. The first-order chi connectivity index (χ1) is 71.5. The molecule has 3 aliphatic rings. The van der Waals surface area contributed by atoms with Crippen LogP contribution in [0.2, 0.25) is 0 Å². The van der Waals surface area contributed by atoms with Gasteiger partial charge in [-0.15, -0.1) is 0 Å². The lowest BCUT2D eigenvalue weighted by atomic mass is 9.68. The lowest BCUT2D eigenvalue weighted by Crippen LogP contribution is -2.29. The molecule has 686 valence electrons. The molecule has 3 aliphatic heterocycles. The molecule has 29 rings (SSSR count). The Balaban J connectivity index is 0.000000109. The molecular weight excluding hydrogens is 1770 g/mol. The fraction of sp³-hybridized carbons (Fsp3) is 0.0530. The molecule has 9 aromatic heterocycles. The monoisotopic (exact) mass is 1860 g/mol. The highest BCUT2D eigenvalue weighted by Gasteiger charge is 2.50. The van der Waals surface area contributed by atoms with Crippen molar-refractivity contribution >= 4 is 65.4 Å². The minimum absolute atomic E-state index is 0.153. The van der Waals surface area contributed by atoms with Gasteiger partial charge >= 0.3 is 0 Å². The summed E-state index contributed by atoms with van der Waals surface area (Å²) in [6.07, 6.45) is 7.02. The molecule has 26 aromatic rings. The van der Waals surface area contributed by atoms with Crippen LogP contribution >= 0.6 is 0 Å². The number of rotatable bonds is 14. The summed E-state index contributed by atoms with van der Waals surface area (Å²) in [5, 5.41) is 7.43. The molecule has 0 radical (unpaired) electrons. The predicted octanol–water partition coefficient (Wildman–Crippen LogP) is 31.5. The molecule has 0 unspecified atom stereocenters. The van der Waals surface area contributed by atoms with Crippen molar-refractivity contribution in [1.82, 2.24) is 62.3 Å². The lowest BCUT2D eigenvalue weighted by molar-refractivity contribution is 0.646. The normalized spacial score (nSPS) is 13.1. The maximum atomic E-state index is 5.20. The van der Waals surface area contributed by atoms with Crippen molar-refractivity contribution in [2.45, 2.75) is 43.9 Å².